The monoisotopic (exact) mass is 278 g/mol. The summed E-state index contributed by atoms with van der Waals surface area (Å²) in [7, 11) is 0. The summed E-state index contributed by atoms with van der Waals surface area (Å²) < 4.78 is 1.13. The summed E-state index contributed by atoms with van der Waals surface area (Å²) in [5.74, 6) is 0.00931. The van der Waals surface area contributed by atoms with E-state index < -0.39 is 0 Å². The maximum absolute atomic E-state index is 12.5. The zero-order valence-corrected chi connectivity index (χ0v) is 12.0. The average molecular weight is 278 g/mol. The van der Waals surface area contributed by atoms with Crippen LogP contribution in [0.4, 0.5) is 0 Å². The van der Waals surface area contributed by atoms with Gasteiger partial charge in [0.25, 0.3) is 0 Å². The second-order valence-corrected chi connectivity index (χ2v) is 5.91. The quantitative estimate of drug-likeness (QED) is 0.481. The highest BCUT2D eigenvalue weighted by Crippen LogP contribution is 2.29. The number of hydrogen-bond donors (Lipinski definition) is 0. The van der Waals surface area contributed by atoms with Crippen LogP contribution in [0.5, 0.6) is 0 Å². The van der Waals surface area contributed by atoms with E-state index in [0.29, 0.717) is 5.57 Å². The molecule has 0 unspecified atom stereocenters. The summed E-state index contributed by atoms with van der Waals surface area (Å²) in [6, 6.07) is 17.9. The number of ketones is 1. The molecule has 0 saturated heterocycles. The molecule has 0 N–H and O–H groups in total. The van der Waals surface area contributed by atoms with Crippen LogP contribution in [-0.2, 0) is 0 Å². The summed E-state index contributed by atoms with van der Waals surface area (Å²) in [6.45, 7) is 5.99. The van der Waals surface area contributed by atoms with E-state index in [2.05, 4.69) is 6.58 Å². The van der Waals surface area contributed by atoms with Gasteiger partial charge in [0.15, 0.2) is 0 Å². The standard InChI is InChI=1S/C18H14OS/c1-12-7-9-14(10-8-12)13(2)18(19)17-11-15-5-3-4-6-16(15)20-17/h3-11H,2H2,1H3. The molecule has 0 saturated carbocycles. The number of rotatable bonds is 3. The molecule has 0 aliphatic carbocycles. The molecule has 0 atom stereocenters. The van der Waals surface area contributed by atoms with Crippen molar-refractivity contribution in [3.05, 3.63) is 77.2 Å². The van der Waals surface area contributed by atoms with E-state index in [1.54, 1.807) is 0 Å². The second kappa shape index (κ2) is 5.06. The van der Waals surface area contributed by atoms with Crippen molar-refractivity contribution in [2.45, 2.75) is 6.92 Å². The smallest absolute Gasteiger partial charge is 0.202 e. The molecular weight excluding hydrogens is 264 g/mol. The van der Waals surface area contributed by atoms with Gasteiger partial charge in [0.1, 0.15) is 0 Å². The Kier molecular flexibility index (Phi) is 3.25. The van der Waals surface area contributed by atoms with E-state index in [9.17, 15) is 4.79 Å². The number of carbonyl (C=O) groups excluding carboxylic acids is 1. The Morgan fingerprint density at radius 1 is 1.05 bits per heavy atom. The minimum absolute atomic E-state index is 0.00931. The summed E-state index contributed by atoms with van der Waals surface area (Å²) in [5, 5.41) is 1.11. The van der Waals surface area contributed by atoms with Gasteiger partial charge in [-0.15, -0.1) is 11.3 Å². The van der Waals surface area contributed by atoms with Crippen molar-refractivity contribution in [1.29, 1.82) is 0 Å². The van der Waals surface area contributed by atoms with Crippen LogP contribution < -0.4 is 0 Å². The van der Waals surface area contributed by atoms with Crippen molar-refractivity contribution in [3.63, 3.8) is 0 Å². The first kappa shape index (κ1) is 12.8. The van der Waals surface area contributed by atoms with Crippen LogP contribution in [0.3, 0.4) is 0 Å². The molecule has 1 aromatic heterocycles. The van der Waals surface area contributed by atoms with E-state index >= 15 is 0 Å². The molecule has 0 amide bonds. The number of benzene rings is 2. The molecule has 0 aliphatic heterocycles. The van der Waals surface area contributed by atoms with E-state index in [-0.39, 0.29) is 5.78 Å². The molecule has 3 rings (SSSR count). The molecule has 98 valence electrons. The lowest BCUT2D eigenvalue weighted by Gasteiger charge is -2.03. The molecule has 20 heavy (non-hydrogen) atoms. The number of carbonyl (C=O) groups is 1. The van der Waals surface area contributed by atoms with Crippen LogP contribution in [0.15, 0.2) is 61.2 Å². The van der Waals surface area contributed by atoms with Gasteiger partial charge >= 0.3 is 0 Å². The van der Waals surface area contributed by atoms with Gasteiger partial charge in [0.05, 0.1) is 4.88 Å². The van der Waals surface area contributed by atoms with Crippen LogP contribution in [-0.4, -0.2) is 5.78 Å². The Labute approximate surface area is 122 Å². The van der Waals surface area contributed by atoms with E-state index in [4.69, 9.17) is 0 Å². The minimum Gasteiger partial charge on any atom is -0.288 e. The third kappa shape index (κ3) is 2.30. The molecule has 2 heteroatoms. The zero-order chi connectivity index (χ0) is 14.1. The van der Waals surface area contributed by atoms with E-state index in [0.717, 1.165) is 20.5 Å². The van der Waals surface area contributed by atoms with Crippen molar-refractivity contribution >= 4 is 32.8 Å². The summed E-state index contributed by atoms with van der Waals surface area (Å²) >= 11 is 1.52. The second-order valence-electron chi connectivity index (χ2n) is 4.82. The number of aryl methyl sites for hydroxylation is 1. The molecule has 0 fully saturated rings. The Balaban J connectivity index is 1.95. The largest absolute Gasteiger partial charge is 0.288 e. The van der Waals surface area contributed by atoms with Crippen molar-refractivity contribution in [1.82, 2.24) is 0 Å². The Hall–Kier alpha value is -2.19. The first-order chi connectivity index (χ1) is 9.65. The van der Waals surface area contributed by atoms with Crippen LogP contribution in [0.1, 0.15) is 20.8 Å². The highest BCUT2D eigenvalue weighted by Gasteiger charge is 2.14. The molecule has 0 spiro atoms. The minimum atomic E-state index is 0.00931. The topological polar surface area (TPSA) is 17.1 Å². The Morgan fingerprint density at radius 2 is 1.75 bits per heavy atom. The molecule has 1 nitrogen and oxygen atoms in total. The van der Waals surface area contributed by atoms with Gasteiger partial charge in [0.2, 0.25) is 5.78 Å². The van der Waals surface area contributed by atoms with Crippen molar-refractivity contribution in [3.8, 4) is 0 Å². The molecule has 0 bridgehead atoms. The number of thiophene rings is 1. The maximum atomic E-state index is 12.5. The summed E-state index contributed by atoms with van der Waals surface area (Å²) in [6.07, 6.45) is 0. The third-order valence-corrected chi connectivity index (χ3v) is 4.44. The lowest BCUT2D eigenvalue weighted by atomic mass is 10.0. The highest BCUT2D eigenvalue weighted by atomic mass is 32.1. The molecule has 0 aliphatic rings. The first-order valence-electron chi connectivity index (χ1n) is 6.44. The lowest BCUT2D eigenvalue weighted by Crippen LogP contribution is -1.98. The normalized spacial score (nSPS) is 10.7. The fraction of sp³-hybridized carbons (Fsp3) is 0.0556. The molecule has 3 aromatic rings. The number of allylic oxidation sites excluding steroid dienone is 1. The molecule has 1 heterocycles. The molecule has 2 aromatic carbocycles. The third-order valence-electron chi connectivity index (χ3n) is 3.32. The van der Waals surface area contributed by atoms with Crippen molar-refractivity contribution in [2.24, 2.45) is 0 Å². The number of hydrogen-bond acceptors (Lipinski definition) is 2. The fourth-order valence-corrected chi connectivity index (χ4v) is 3.16. The lowest BCUT2D eigenvalue weighted by molar-refractivity contribution is 0.106. The van der Waals surface area contributed by atoms with Crippen LogP contribution in [0.25, 0.3) is 15.7 Å². The van der Waals surface area contributed by atoms with Gasteiger partial charge in [-0.3, -0.25) is 4.79 Å². The van der Waals surface area contributed by atoms with E-state index in [1.165, 1.54) is 16.9 Å². The number of Topliss-reactive ketones (excluding diaryl/α,β-unsaturated/α-hetero) is 1. The first-order valence-corrected chi connectivity index (χ1v) is 7.26. The van der Waals surface area contributed by atoms with Crippen LogP contribution >= 0.6 is 11.3 Å². The van der Waals surface area contributed by atoms with Gasteiger partial charge < -0.3 is 0 Å². The molecule has 0 radical (unpaired) electrons. The Bertz CT molecular complexity index is 761. The van der Waals surface area contributed by atoms with Gasteiger partial charge in [-0.05, 0) is 30.0 Å². The van der Waals surface area contributed by atoms with Gasteiger partial charge in [0, 0.05) is 10.3 Å². The summed E-state index contributed by atoms with van der Waals surface area (Å²) in [5.41, 5.74) is 2.62. The van der Waals surface area contributed by atoms with Crippen LogP contribution in [0.2, 0.25) is 0 Å². The van der Waals surface area contributed by atoms with Crippen molar-refractivity contribution in [2.75, 3.05) is 0 Å². The number of fused-ring (bicyclic) bond motifs is 1. The predicted octanol–water partition coefficient (Wildman–Crippen LogP) is 5.11. The van der Waals surface area contributed by atoms with Crippen LogP contribution in [0, 0.1) is 6.92 Å². The fourth-order valence-electron chi connectivity index (χ4n) is 2.13. The predicted molar refractivity (Wildman–Crippen MR) is 86.4 cm³/mol. The zero-order valence-electron chi connectivity index (χ0n) is 11.2. The van der Waals surface area contributed by atoms with E-state index in [1.807, 2.05) is 61.5 Å². The van der Waals surface area contributed by atoms with Crippen molar-refractivity contribution < 1.29 is 4.79 Å². The summed E-state index contributed by atoms with van der Waals surface area (Å²) in [4.78, 5) is 13.3. The maximum Gasteiger partial charge on any atom is 0.202 e. The highest BCUT2D eigenvalue weighted by molar-refractivity contribution is 7.21. The van der Waals surface area contributed by atoms with Gasteiger partial charge in [-0.25, -0.2) is 0 Å². The Morgan fingerprint density at radius 3 is 2.45 bits per heavy atom. The SMILES string of the molecule is C=C(C(=O)c1cc2ccccc2s1)c1ccc(C)cc1. The van der Waals surface area contributed by atoms with Gasteiger partial charge in [-0.1, -0.05) is 54.6 Å². The molecular formula is C18H14OS. The average Bonchev–Trinajstić information content (AvgIpc) is 2.90. The van der Waals surface area contributed by atoms with Gasteiger partial charge in [-0.2, -0.15) is 0 Å².